The maximum Gasteiger partial charge on any atom is 0.0501 e. The summed E-state index contributed by atoms with van der Waals surface area (Å²) in [5, 5.41) is 0. The van der Waals surface area contributed by atoms with Crippen molar-refractivity contribution in [3.8, 4) is 0 Å². The van der Waals surface area contributed by atoms with E-state index in [1.165, 1.54) is 89.9 Å². The normalized spacial score (nSPS) is 11.5. The molecule has 1 nitrogen and oxygen atoms in total. The van der Waals surface area contributed by atoms with Crippen molar-refractivity contribution < 1.29 is 4.52 Å². The Balaban J connectivity index is 3.01. The maximum absolute atomic E-state index is 4.97. The summed E-state index contributed by atoms with van der Waals surface area (Å²) in [4.78, 5) is 0. The van der Waals surface area contributed by atoms with Crippen molar-refractivity contribution in [3.63, 3.8) is 0 Å². The molecule has 0 fully saturated rings. The molecule has 1 atom stereocenters. The van der Waals surface area contributed by atoms with Crippen LogP contribution in [0.15, 0.2) is 12.2 Å². The molecule has 2 heteroatoms. The van der Waals surface area contributed by atoms with Crippen molar-refractivity contribution in [2.24, 2.45) is 0 Å². The van der Waals surface area contributed by atoms with Crippen LogP contribution in [0.2, 0.25) is 0 Å². The predicted octanol–water partition coefficient (Wildman–Crippen LogP) is 6.83. The Morgan fingerprint density at radius 2 is 1.10 bits per heavy atom. The summed E-state index contributed by atoms with van der Waals surface area (Å²) in [7, 11) is 2.32. The average molecular weight is 300 g/mol. The third kappa shape index (κ3) is 18.1. The lowest BCUT2D eigenvalue weighted by Crippen LogP contribution is -1.84. The first-order valence-corrected chi connectivity index (χ1v) is 9.35. The van der Waals surface area contributed by atoms with Gasteiger partial charge in [0.15, 0.2) is 0 Å². The van der Waals surface area contributed by atoms with E-state index in [1.807, 2.05) is 0 Å². The molecule has 0 spiro atoms. The van der Waals surface area contributed by atoms with Gasteiger partial charge < -0.3 is 4.52 Å². The van der Waals surface area contributed by atoms with E-state index in [2.05, 4.69) is 28.5 Å². The average Bonchev–Trinajstić information content (AvgIpc) is 2.47. The molecule has 0 saturated carbocycles. The van der Waals surface area contributed by atoms with Crippen LogP contribution in [0.3, 0.4) is 0 Å². The molecule has 0 aliphatic heterocycles. The predicted molar refractivity (Wildman–Crippen MR) is 95.1 cm³/mol. The number of rotatable bonds is 16. The van der Waals surface area contributed by atoms with Crippen LogP contribution in [0.1, 0.15) is 96.8 Å². The van der Waals surface area contributed by atoms with Gasteiger partial charge >= 0.3 is 0 Å². The van der Waals surface area contributed by atoms with E-state index in [4.69, 9.17) is 4.52 Å². The van der Waals surface area contributed by atoms with Gasteiger partial charge in [0.1, 0.15) is 0 Å². The zero-order chi connectivity index (χ0) is 14.7. The van der Waals surface area contributed by atoms with Crippen LogP contribution in [0.5, 0.6) is 0 Å². The lowest BCUT2D eigenvalue weighted by atomic mass is 10.1. The zero-order valence-corrected chi connectivity index (χ0v) is 14.9. The molecule has 0 rings (SSSR count). The van der Waals surface area contributed by atoms with E-state index in [1.54, 1.807) is 0 Å². The highest BCUT2D eigenvalue weighted by Gasteiger charge is 1.91. The monoisotopic (exact) mass is 300 g/mol. The summed E-state index contributed by atoms with van der Waals surface area (Å²) in [5.41, 5.74) is 0. The third-order valence-corrected chi connectivity index (χ3v) is 4.01. The van der Waals surface area contributed by atoms with Gasteiger partial charge in [0, 0.05) is 9.47 Å². The standard InChI is InChI=1S/C18H37OP/c1-2-3-4-5-6-7-8-9-10-11-12-13-14-15-16-17-18-19-20/h9-10H,2-8,11-18,20H2,1H3. The van der Waals surface area contributed by atoms with Crippen LogP contribution >= 0.6 is 9.47 Å². The molecule has 120 valence electrons. The molecular formula is C18H37OP. The van der Waals surface area contributed by atoms with E-state index in [0.717, 1.165) is 6.61 Å². The van der Waals surface area contributed by atoms with Crippen molar-refractivity contribution >= 4 is 9.47 Å². The van der Waals surface area contributed by atoms with Gasteiger partial charge in [0.2, 0.25) is 0 Å². The molecular weight excluding hydrogens is 263 g/mol. The largest absolute Gasteiger partial charge is 0.366 e. The summed E-state index contributed by atoms with van der Waals surface area (Å²) < 4.78 is 4.97. The molecule has 0 aromatic carbocycles. The van der Waals surface area contributed by atoms with E-state index in [9.17, 15) is 0 Å². The highest BCUT2D eigenvalue weighted by Crippen LogP contribution is 2.10. The second-order valence-electron chi connectivity index (χ2n) is 5.81. The molecule has 0 aromatic rings. The summed E-state index contributed by atoms with van der Waals surface area (Å²) in [6.07, 6.45) is 23.9. The van der Waals surface area contributed by atoms with Crippen molar-refractivity contribution in [1.82, 2.24) is 0 Å². The number of allylic oxidation sites excluding steroid dienone is 2. The van der Waals surface area contributed by atoms with Crippen LogP contribution in [-0.4, -0.2) is 6.61 Å². The van der Waals surface area contributed by atoms with Crippen LogP contribution in [0.25, 0.3) is 0 Å². The number of hydrogen-bond donors (Lipinski definition) is 0. The van der Waals surface area contributed by atoms with Crippen molar-refractivity contribution in [3.05, 3.63) is 12.2 Å². The van der Waals surface area contributed by atoms with Crippen LogP contribution < -0.4 is 0 Å². The van der Waals surface area contributed by atoms with Gasteiger partial charge in [-0.1, -0.05) is 76.9 Å². The molecule has 0 saturated heterocycles. The quantitative estimate of drug-likeness (QED) is 0.172. The minimum absolute atomic E-state index is 0.895. The third-order valence-electron chi connectivity index (χ3n) is 3.77. The molecule has 0 N–H and O–H groups in total. The summed E-state index contributed by atoms with van der Waals surface area (Å²) in [6.45, 7) is 3.17. The Hall–Kier alpha value is 0.130. The fourth-order valence-corrected chi connectivity index (χ4v) is 2.60. The molecule has 20 heavy (non-hydrogen) atoms. The summed E-state index contributed by atoms with van der Waals surface area (Å²) in [6, 6.07) is 0. The molecule has 0 aromatic heterocycles. The number of unbranched alkanes of at least 4 members (excludes halogenated alkanes) is 12. The van der Waals surface area contributed by atoms with Gasteiger partial charge in [-0.3, -0.25) is 0 Å². The van der Waals surface area contributed by atoms with Crippen LogP contribution in [0.4, 0.5) is 0 Å². The Labute approximate surface area is 130 Å². The molecule has 0 aliphatic rings. The van der Waals surface area contributed by atoms with Crippen molar-refractivity contribution in [1.29, 1.82) is 0 Å². The molecule has 0 aliphatic carbocycles. The molecule has 0 bridgehead atoms. The Bertz CT molecular complexity index is 192. The van der Waals surface area contributed by atoms with E-state index in [-0.39, 0.29) is 0 Å². The van der Waals surface area contributed by atoms with E-state index >= 15 is 0 Å². The molecule has 0 amide bonds. The first-order valence-electron chi connectivity index (χ1n) is 8.88. The molecule has 1 unspecified atom stereocenters. The fraction of sp³-hybridized carbons (Fsp3) is 0.889. The van der Waals surface area contributed by atoms with Crippen LogP contribution in [0, 0.1) is 0 Å². The second-order valence-corrected chi connectivity index (χ2v) is 6.14. The smallest absolute Gasteiger partial charge is 0.0501 e. The van der Waals surface area contributed by atoms with Gasteiger partial charge in [0.25, 0.3) is 0 Å². The first-order chi connectivity index (χ1) is 9.91. The Morgan fingerprint density at radius 3 is 1.60 bits per heavy atom. The highest BCUT2D eigenvalue weighted by atomic mass is 31.0. The first kappa shape index (κ1) is 20.1. The van der Waals surface area contributed by atoms with Gasteiger partial charge in [-0.25, -0.2) is 0 Å². The van der Waals surface area contributed by atoms with E-state index < -0.39 is 0 Å². The van der Waals surface area contributed by atoms with Gasteiger partial charge in [0.05, 0.1) is 6.61 Å². The van der Waals surface area contributed by atoms with Gasteiger partial charge in [-0.15, -0.1) is 0 Å². The maximum atomic E-state index is 4.97. The molecule has 0 radical (unpaired) electrons. The van der Waals surface area contributed by atoms with Gasteiger partial charge in [-0.05, 0) is 32.1 Å². The molecule has 0 heterocycles. The number of hydrogen-bond acceptors (Lipinski definition) is 1. The fourth-order valence-electron chi connectivity index (χ4n) is 2.43. The lowest BCUT2D eigenvalue weighted by Gasteiger charge is -2.00. The summed E-state index contributed by atoms with van der Waals surface area (Å²) in [5.74, 6) is 0. The Morgan fingerprint density at radius 1 is 0.650 bits per heavy atom. The second kappa shape index (κ2) is 19.1. The summed E-state index contributed by atoms with van der Waals surface area (Å²) >= 11 is 0. The van der Waals surface area contributed by atoms with Crippen molar-refractivity contribution in [2.45, 2.75) is 96.8 Å². The SMILES string of the molecule is CCCCCCCCC=CCCCCCCCCOP. The van der Waals surface area contributed by atoms with Gasteiger partial charge in [-0.2, -0.15) is 0 Å². The van der Waals surface area contributed by atoms with Crippen molar-refractivity contribution in [2.75, 3.05) is 6.61 Å². The lowest BCUT2D eigenvalue weighted by molar-refractivity contribution is 0.353. The highest BCUT2D eigenvalue weighted by molar-refractivity contribution is 7.09. The minimum atomic E-state index is 0.895. The topological polar surface area (TPSA) is 9.23 Å². The van der Waals surface area contributed by atoms with E-state index in [0.29, 0.717) is 0 Å². The van der Waals surface area contributed by atoms with Crippen LogP contribution in [-0.2, 0) is 4.52 Å². The minimum Gasteiger partial charge on any atom is -0.366 e. The zero-order valence-electron chi connectivity index (χ0n) is 13.7. The Kier molecular flexibility index (Phi) is 19.3.